The van der Waals surface area contributed by atoms with E-state index in [0.29, 0.717) is 10.5 Å². The summed E-state index contributed by atoms with van der Waals surface area (Å²) < 4.78 is 20.1. The number of amides is 2. The molecule has 10 heteroatoms. The Morgan fingerprint density at radius 3 is 2.08 bits per heavy atom. The number of benzene rings is 3. The van der Waals surface area contributed by atoms with Crippen molar-refractivity contribution in [1.29, 1.82) is 0 Å². The Balaban J connectivity index is 1.54. The lowest BCUT2D eigenvalue weighted by Crippen LogP contribution is -2.51. The summed E-state index contributed by atoms with van der Waals surface area (Å²) in [6, 6.07) is 17.1. The van der Waals surface area contributed by atoms with Crippen LogP contribution in [0.25, 0.3) is 0 Å². The molecular formula is C26H15FN2O7. The summed E-state index contributed by atoms with van der Waals surface area (Å²) in [4.78, 5) is 65.8. The number of nitrogens with zero attached hydrogens (tertiary/aromatic N) is 2. The lowest BCUT2D eigenvalue weighted by molar-refractivity contribution is -0.387. The fourth-order valence-electron chi connectivity index (χ4n) is 5.50. The van der Waals surface area contributed by atoms with Crippen LogP contribution in [0.3, 0.4) is 0 Å². The van der Waals surface area contributed by atoms with Gasteiger partial charge in [0.15, 0.2) is 0 Å². The van der Waals surface area contributed by atoms with E-state index in [1.807, 2.05) is 0 Å². The van der Waals surface area contributed by atoms with E-state index in [9.17, 15) is 33.7 Å². The highest BCUT2D eigenvalue weighted by molar-refractivity contribution is 6.37. The van der Waals surface area contributed by atoms with E-state index >= 15 is 0 Å². The zero-order valence-electron chi connectivity index (χ0n) is 18.3. The minimum atomic E-state index is -2.26. The van der Waals surface area contributed by atoms with Crippen molar-refractivity contribution in [3.63, 3.8) is 0 Å². The van der Waals surface area contributed by atoms with Gasteiger partial charge in [-0.2, -0.15) is 4.39 Å². The van der Waals surface area contributed by atoms with Crippen molar-refractivity contribution in [3.05, 3.63) is 105 Å². The Kier molecular flexibility index (Phi) is 4.55. The summed E-state index contributed by atoms with van der Waals surface area (Å²) in [7, 11) is 0. The van der Waals surface area contributed by atoms with Gasteiger partial charge >= 0.3 is 5.69 Å². The molecule has 9 nitrogen and oxygen atoms in total. The summed E-state index contributed by atoms with van der Waals surface area (Å²) in [5.74, 6) is -7.05. The van der Waals surface area contributed by atoms with E-state index in [-0.39, 0.29) is 16.8 Å². The maximum Gasteiger partial charge on any atom is 0.306 e. The molecule has 1 spiro atoms. The van der Waals surface area contributed by atoms with E-state index in [0.717, 1.165) is 18.2 Å². The van der Waals surface area contributed by atoms with Crippen LogP contribution in [0.5, 0.6) is 0 Å². The normalized spacial score (nSPS) is 23.9. The number of hydrogen-bond acceptors (Lipinski definition) is 7. The van der Waals surface area contributed by atoms with Gasteiger partial charge in [0.2, 0.25) is 34.8 Å². The molecule has 178 valence electrons. The first-order valence-electron chi connectivity index (χ1n) is 11.0. The Labute approximate surface area is 202 Å². The van der Waals surface area contributed by atoms with E-state index in [2.05, 4.69) is 0 Å². The molecule has 0 N–H and O–H groups in total. The quantitative estimate of drug-likeness (QED) is 0.240. The molecule has 3 aromatic carbocycles. The van der Waals surface area contributed by atoms with Crippen LogP contribution in [0.2, 0.25) is 0 Å². The molecule has 0 bridgehead atoms. The van der Waals surface area contributed by atoms with E-state index in [1.54, 1.807) is 42.5 Å². The minimum Gasteiger partial charge on any atom is -0.349 e. The first-order valence-corrected chi connectivity index (χ1v) is 11.0. The van der Waals surface area contributed by atoms with Crippen molar-refractivity contribution in [2.24, 2.45) is 11.8 Å². The molecule has 1 aliphatic carbocycles. The highest BCUT2D eigenvalue weighted by atomic mass is 19.1. The summed E-state index contributed by atoms with van der Waals surface area (Å²) in [6.45, 7) is 0. The van der Waals surface area contributed by atoms with Crippen molar-refractivity contribution >= 4 is 34.8 Å². The monoisotopic (exact) mass is 486 g/mol. The van der Waals surface area contributed by atoms with Crippen molar-refractivity contribution in [3.8, 4) is 0 Å². The number of hydrogen-bond donors (Lipinski definition) is 0. The lowest BCUT2D eigenvalue weighted by atomic mass is 9.77. The fourth-order valence-corrected chi connectivity index (χ4v) is 5.50. The van der Waals surface area contributed by atoms with Crippen molar-refractivity contribution in [2.75, 3.05) is 4.90 Å². The van der Waals surface area contributed by atoms with Crippen LogP contribution < -0.4 is 4.90 Å². The Bertz CT molecular complexity index is 1480. The molecule has 2 aliphatic heterocycles. The average molecular weight is 486 g/mol. The third-order valence-electron chi connectivity index (χ3n) is 7.03. The smallest absolute Gasteiger partial charge is 0.306 e. The highest BCUT2D eigenvalue weighted by Gasteiger charge is 2.74. The number of rotatable bonds is 3. The molecule has 3 aromatic rings. The zero-order chi connectivity index (χ0) is 25.4. The highest BCUT2D eigenvalue weighted by Crippen LogP contribution is 2.57. The Morgan fingerprint density at radius 2 is 1.47 bits per heavy atom. The second-order valence-corrected chi connectivity index (χ2v) is 8.80. The zero-order valence-corrected chi connectivity index (χ0v) is 18.3. The second-order valence-electron chi connectivity index (χ2n) is 8.80. The number of carbonyl (C=O) groups is 4. The van der Waals surface area contributed by atoms with Crippen LogP contribution in [-0.4, -0.2) is 33.9 Å². The molecule has 6 rings (SSSR count). The third kappa shape index (κ3) is 2.67. The number of fused-ring (bicyclic) bond motifs is 3. The third-order valence-corrected chi connectivity index (χ3v) is 7.03. The van der Waals surface area contributed by atoms with Gasteiger partial charge in [-0.1, -0.05) is 54.6 Å². The minimum absolute atomic E-state index is 0.0890. The predicted molar refractivity (Wildman–Crippen MR) is 121 cm³/mol. The van der Waals surface area contributed by atoms with Gasteiger partial charge in [0.05, 0.1) is 28.6 Å². The van der Waals surface area contributed by atoms with Gasteiger partial charge in [0.1, 0.15) is 0 Å². The SMILES string of the molecule is O=C1[C@H]2[C@@H](C(=O)N1c1ccc(F)c([N+](=O)[O-])c1)C1(O[C@H]2c2ccccc2)C(=O)c2ccccc2C1=O. The van der Waals surface area contributed by atoms with Crippen LogP contribution in [0.1, 0.15) is 32.4 Å². The number of Topliss-reactive ketones (excluding diaryl/α,β-unsaturated/α-hetero) is 2. The van der Waals surface area contributed by atoms with Gasteiger partial charge < -0.3 is 4.74 Å². The van der Waals surface area contributed by atoms with E-state index in [1.165, 1.54) is 12.1 Å². The number of imide groups is 1. The molecule has 3 atom stereocenters. The second kappa shape index (κ2) is 7.46. The van der Waals surface area contributed by atoms with Gasteiger partial charge in [-0.25, -0.2) is 4.90 Å². The molecule has 2 saturated heterocycles. The molecule has 2 amide bonds. The maximum absolute atomic E-state index is 14.0. The topological polar surface area (TPSA) is 124 Å². The van der Waals surface area contributed by atoms with Gasteiger partial charge in [0, 0.05) is 17.2 Å². The Hall–Kier alpha value is -4.57. The van der Waals surface area contributed by atoms with E-state index in [4.69, 9.17) is 4.74 Å². The molecule has 0 radical (unpaired) electrons. The number of carbonyl (C=O) groups excluding carboxylic acids is 4. The van der Waals surface area contributed by atoms with Crippen LogP contribution in [0.4, 0.5) is 15.8 Å². The lowest BCUT2D eigenvalue weighted by Gasteiger charge is -2.27. The first-order chi connectivity index (χ1) is 17.3. The van der Waals surface area contributed by atoms with Gasteiger partial charge in [0.25, 0.3) is 0 Å². The Morgan fingerprint density at radius 1 is 0.861 bits per heavy atom. The number of nitro benzene ring substituents is 1. The van der Waals surface area contributed by atoms with Crippen molar-refractivity contribution in [1.82, 2.24) is 0 Å². The van der Waals surface area contributed by atoms with Crippen LogP contribution >= 0.6 is 0 Å². The summed E-state index contributed by atoms with van der Waals surface area (Å²) in [5, 5.41) is 11.3. The first kappa shape index (κ1) is 21.9. The van der Waals surface area contributed by atoms with E-state index < -0.39 is 63.3 Å². The standard InChI is InChI=1S/C26H15FN2O7/c27-17-11-10-14(12-18(17)29(34)35)28-24(32)19-20(25(28)33)26(36-21(19)13-6-2-1-3-7-13)22(30)15-8-4-5-9-16(15)23(26)31/h1-12,19-21H/t19-,20-,21-/m0/s1. The van der Waals surface area contributed by atoms with Crippen LogP contribution in [-0.2, 0) is 14.3 Å². The number of ketones is 2. The van der Waals surface area contributed by atoms with Gasteiger partial charge in [-0.15, -0.1) is 0 Å². The predicted octanol–water partition coefficient (Wildman–Crippen LogP) is 3.43. The molecule has 2 heterocycles. The summed E-state index contributed by atoms with van der Waals surface area (Å²) >= 11 is 0. The van der Waals surface area contributed by atoms with Crippen molar-refractivity contribution < 1.29 is 33.2 Å². The van der Waals surface area contributed by atoms with Crippen molar-refractivity contribution in [2.45, 2.75) is 11.7 Å². The molecule has 0 saturated carbocycles. The number of anilines is 1. The molecule has 3 aliphatic rings. The summed E-state index contributed by atoms with van der Waals surface area (Å²) in [6.07, 6.45) is -1.12. The average Bonchev–Trinajstić information content (AvgIpc) is 3.45. The molecule has 2 fully saturated rings. The largest absolute Gasteiger partial charge is 0.349 e. The number of halogens is 1. The molecular weight excluding hydrogens is 471 g/mol. The maximum atomic E-state index is 14.0. The summed E-state index contributed by atoms with van der Waals surface area (Å²) in [5.41, 5.74) is -2.75. The molecule has 36 heavy (non-hydrogen) atoms. The van der Waals surface area contributed by atoms with Crippen LogP contribution in [0.15, 0.2) is 72.8 Å². The molecule has 0 aromatic heterocycles. The number of nitro groups is 1. The fraction of sp³-hybridized carbons (Fsp3) is 0.154. The van der Waals surface area contributed by atoms with Gasteiger partial charge in [-0.3, -0.25) is 29.3 Å². The molecule has 0 unspecified atom stereocenters. The van der Waals surface area contributed by atoms with Gasteiger partial charge in [-0.05, 0) is 17.7 Å². The number of ether oxygens (including phenoxy) is 1. The van der Waals surface area contributed by atoms with Crippen LogP contribution in [0, 0.1) is 27.8 Å².